The number of rotatable bonds is 4. The molecule has 2 unspecified atom stereocenters. The molecule has 1 aromatic rings. The standard InChI is InChI=1S/C17H24N2O2/c1-5-8-13-9-6-7-10-14(13)19-15(11(2)3)16(20)18-12(4)17(19)21/h6-7,9-12,15H,5,8H2,1-4H3,(H,18,20). The zero-order chi connectivity index (χ0) is 15.6. The molecule has 1 aliphatic heterocycles. The van der Waals surface area contributed by atoms with Crippen molar-refractivity contribution in [3.05, 3.63) is 29.8 Å². The molecule has 4 nitrogen and oxygen atoms in total. The van der Waals surface area contributed by atoms with E-state index >= 15 is 0 Å². The number of nitrogens with zero attached hydrogens (tertiary/aromatic N) is 1. The molecule has 1 aromatic carbocycles. The van der Waals surface area contributed by atoms with E-state index in [-0.39, 0.29) is 17.7 Å². The Balaban J connectivity index is 2.50. The number of amides is 2. The summed E-state index contributed by atoms with van der Waals surface area (Å²) in [5.41, 5.74) is 2.01. The Labute approximate surface area is 126 Å². The van der Waals surface area contributed by atoms with Gasteiger partial charge in [0, 0.05) is 5.69 Å². The number of carbonyl (C=O) groups excluding carboxylic acids is 2. The number of hydrogen-bond acceptors (Lipinski definition) is 2. The fraction of sp³-hybridized carbons (Fsp3) is 0.529. The summed E-state index contributed by atoms with van der Waals surface area (Å²) in [5.74, 6) is -0.0311. The van der Waals surface area contributed by atoms with E-state index in [1.54, 1.807) is 11.8 Å². The van der Waals surface area contributed by atoms with Gasteiger partial charge in [-0.2, -0.15) is 0 Å². The Bertz CT molecular complexity index is 539. The van der Waals surface area contributed by atoms with Gasteiger partial charge in [-0.25, -0.2) is 0 Å². The highest BCUT2D eigenvalue weighted by atomic mass is 16.2. The molecule has 0 saturated carbocycles. The molecule has 1 fully saturated rings. The average molecular weight is 288 g/mol. The summed E-state index contributed by atoms with van der Waals surface area (Å²) in [7, 11) is 0. The van der Waals surface area contributed by atoms with E-state index in [2.05, 4.69) is 12.2 Å². The number of benzene rings is 1. The highest BCUT2D eigenvalue weighted by molar-refractivity contribution is 6.08. The van der Waals surface area contributed by atoms with E-state index in [0.29, 0.717) is 0 Å². The summed E-state index contributed by atoms with van der Waals surface area (Å²) in [6, 6.07) is 6.99. The van der Waals surface area contributed by atoms with Crippen molar-refractivity contribution in [2.24, 2.45) is 5.92 Å². The summed E-state index contributed by atoms with van der Waals surface area (Å²) >= 11 is 0. The highest BCUT2D eigenvalue weighted by Gasteiger charge is 2.41. The lowest BCUT2D eigenvalue weighted by Gasteiger charge is -2.40. The lowest BCUT2D eigenvalue weighted by Crippen LogP contribution is -2.64. The maximum absolute atomic E-state index is 12.7. The molecule has 0 bridgehead atoms. The minimum absolute atomic E-state index is 0.0307. The van der Waals surface area contributed by atoms with Crippen molar-refractivity contribution in [3.63, 3.8) is 0 Å². The second kappa shape index (κ2) is 6.29. The first-order valence-electron chi connectivity index (χ1n) is 7.68. The van der Waals surface area contributed by atoms with Crippen LogP contribution in [0.5, 0.6) is 0 Å². The Hall–Kier alpha value is -1.84. The molecule has 2 atom stereocenters. The quantitative estimate of drug-likeness (QED) is 0.925. The molecule has 0 radical (unpaired) electrons. The van der Waals surface area contributed by atoms with Crippen LogP contribution < -0.4 is 10.2 Å². The number of piperazine rings is 1. The van der Waals surface area contributed by atoms with Gasteiger partial charge in [-0.05, 0) is 30.9 Å². The second-order valence-corrected chi connectivity index (χ2v) is 6.01. The van der Waals surface area contributed by atoms with E-state index in [9.17, 15) is 9.59 Å². The molecule has 1 aliphatic rings. The van der Waals surface area contributed by atoms with Crippen LogP contribution in [0.25, 0.3) is 0 Å². The van der Waals surface area contributed by atoms with Gasteiger partial charge < -0.3 is 5.32 Å². The zero-order valence-electron chi connectivity index (χ0n) is 13.2. The van der Waals surface area contributed by atoms with Crippen LogP contribution in [-0.4, -0.2) is 23.9 Å². The van der Waals surface area contributed by atoms with E-state index < -0.39 is 12.1 Å². The monoisotopic (exact) mass is 288 g/mol. The first kappa shape index (κ1) is 15.5. The van der Waals surface area contributed by atoms with Crippen molar-refractivity contribution >= 4 is 17.5 Å². The number of nitrogens with one attached hydrogen (secondary N) is 1. The second-order valence-electron chi connectivity index (χ2n) is 6.01. The summed E-state index contributed by atoms with van der Waals surface area (Å²) < 4.78 is 0. The Morgan fingerprint density at radius 3 is 2.52 bits per heavy atom. The van der Waals surface area contributed by atoms with E-state index in [4.69, 9.17) is 0 Å². The number of anilines is 1. The van der Waals surface area contributed by atoms with Gasteiger partial charge in [-0.1, -0.05) is 45.4 Å². The van der Waals surface area contributed by atoms with Crippen LogP contribution in [0.3, 0.4) is 0 Å². The van der Waals surface area contributed by atoms with Gasteiger partial charge in [-0.15, -0.1) is 0 Å². The first-order chi connectivity index (χ1) is 9.97. The molecular formula is C17H24N2O2. The largest absolute Gasteiger partial charge is 0.343 e. The molecule has 114 valence electrons. The average Bonchev–Trinajstić information content (AvgIpc) is 2.43. The van der Waals surface area contributed by atoms with Crippen molar-refractivity contribution in [2.75, 3.05) is 4.90 Å². The maximum atomic E-state index is 12.7. The third-order valence-electron chi connectivity index (χ3n) is 3.92. The minimum atomic E-state index is -0.470. The first-order valence-corrected chi connectivity index (χ1v) is 7.68. The van der Waals surface area contributed by atoms with Crippen LogP contribution >= 0.6 is 0 Å². The lowest BCUT2D eigenvalue weighted by atomic mass is 9.95. The molecular weight excluding hydrogens is 264 g/mol. The van der Waals surface area contributed by atoms with Crippen molar-refractivity contribution in [1.29, 1.82) is 0 Å². The highest BCUT2D eigenvalue weighted by Crippen LogP contribution is 2.29. The van der Waals surface area contributed by atoms with Crippen molar-refractivity contribution < 1.29 is 9.59 Å². The van der Waals surface area contributed by atoms with Gasteiger partial charge in [0.05, 0.1) is 0 Å². The fourth-order valence-electron chi connectivity index (χ4n) is 2.92. The van der Waals surface area contributed by atoms with Crippen LogP contribution in [0.4, 0.5) is 5.69 Å². The maximum Gasteiger partial charge on any atom is 0.250 e. The molecule has 2 amide bonds. The molecule has 1 saturated heterocycles. The van der Waals surface area contributed by atoms with Crippen molar-refractivity contribution in [1.82, 2.24) is 5.32 Å². The van der Waals surface area contributed by atoms with Gasteiger partial charge >= 0.3 is 0 Å². The van der Waals surface area contributed by atoms with Crippen LogP contribution in [0.2, 0.25) is 0 Å². The Morgan fingerprint density at radius 1 is 1.24 bits per heavy atom. The topological polar surface area (TPSA) is 49.4 Å². The van der Waals surface area contributed by atoms with Gasteiger partial charge in [-0.3, -0.25) is 14.5 Å². The third-order valence-corrected chi connectivity index (χ3v) is 3.92. The summed E-state index contributed by atoms with van der Waals surface area (Å²) in [6.45, 7) is 7.81. The molecule has 2 rings (SSSR count). The SMILES string of the molecule is CCCc1ccccc1N1C(=O)C(C)NC(=O)C1C(C)C. The van der Waals surface area contributed by atoms with Crippen LogP contribution in [0, 0.1) is 5.92 Å². The van der Waals surface area contributed by atoms with E-state index in [1.165, 1.54) is 0 Å². The molecule has 0 aliphatic carbocycles. The summed E-state index contributed by atoms with van der Waals surface area (Å²) in [6.07, 6.45) is 1.91. The molecule has 1 N–H and O–H groups in total. The van der Waals surface area contributed by atoms with E-state index in [1.807, 2.05) is 38.1 Å². The Morgan fingerprint density at radius 2 is 1.90 bits per heavy atom. The molecule has 21 heavy (non-hydrogen) atoms. The molecule has 4 heteroatoms. The fourth-order valence-corrected chi connectivity index (χ4v) is 2.92. The lowest BCUT2D eigenvalue weighted by molar-refractivity contribution is -0.134. The van der Waals surface area contributed by atoms with Gasteiger partial charge in [0.25, 0.3) is 0 Å². The van der Waals surface area contributed by atoms with E-state index in [0.717, 1.165) is 24.1 Å². The zero-order valence-corrected chi connectivity index (χ0v) is 13.2. The predicted octanol–water partition coefficient (Wildman–Crippen LogP) is 2.52. The van der Waals surface area contributed by atoms with Crippen molar-refractivity contribution in [3.8, 4) is 0 Å². The van der Waals surface area contributed by atoms with Gasteiger partial charge in [0.1, 0.15) is 12.1 Å². The number of aryl methyl sites for hydroxylation is 1. The minimum Gasteiger partial charge on any atom is -0.343 e. The normalized spacial score (nSPS) is 22.6. The molecule has 1 heterocycles. The van der Waals surface area contributed by atoms with Crippen LogP contribution in [0.15, 0.2) is 24.3 Å². The van der Waals surface area contributed by atoms with Crippen molar-refractivity contribution in [2.45, 2.75) is 52.6 Å². The smallest absolute Gasteiger partial charge is 0.250 e. The summed E-state index contributed by atoms with van der Waals surface area (Å²) in [4.78, 5) is 26.7. The third kappa shape index (κ3) is 2.94. The predicted molar refractivity (Wildman–Crippen MR) is 84.2 cm³/mol. The number of hydrogen-bond donors (Lipinski definition) is 1. The molecule has 0 spiro atoms. The van der Waals surface area contributed by atoms with Crippen LogP contribution in [-0.2, 0) is 16.0 Å². The summed E-state index contributed by atoms with van der Waals surface area (Å²) in [5, 5.41) is 2.78. The molecule has 0 aromatic heterocycles. The van der Waals surface area contributed by atoms with Gasteiger partial charge in [0.2, 0.25) is 11.8 Å². The Kier molecular flexibility index (Phi) is 4.66. The van der Waals surface area contributed by atoms with Crippen LogP contribution in [0.1, 0.15) is 39.7 Å². The number of carbonyl (C=O) groups is 2. The van der Waals surface area contributed by atoms with Gasteiger partial charge in [0.15, 0.2) is 0 Å². The number of para-hydroxylation sites is 1.